The van der Waals surface area contributed by atoms with Gasteiger partial charge in [0.1, 0.15) is 6.04 Å². The van der Waals surface area contributed by atoms with Crippen molar-refractivity contribution in [2.75, 3.05) is 0 Å². The van der Waals surface area contributed by atoms with E-state index in [0.717, 1.165) is 0 Å². The molecule has 0 radical (unpaired) electrons. The molecule has 0 saturated heterocycles. The van der Waals surface area contributed by atoms with Crippen LogP contribution >= 0.6 is 0 Å². The van der Waals surface area contributed by atoms with E-state index in [4.69, 9.17) is 5.11 Å². The monoisotopic (exact) mass is 369 g/mol. The Bertz CT molecular complexity index is 634. The van der Waals surface area contributed by atoms with E-state index in [2.05, 4.69) is 6.58 Å². The van der Waals surface area contributed by atoms with E-state index in [0.29, 0.717) is 12.1 Å². The van der Waals surface area contributed by atoms with Crippen molar-refractivity contribution in [1.82, 2.24) is 5.32 Å². The Morgan fingerprint density at radius 1 is 1.08 bits per heavy atom. The van der Waals surface area contributed by atoms with Gasteiger partial charge in [-0.3, -0.25) is 4.79 Å². The van der Waals surface area contributed by atoms with Gasteiger partial charge in [-0.1, -0.05) is 6.08 Å². The molecule has 0 fully saturated rings. The fourth-order valence-electron chi connectivity index (χ4n) is 1.94. The summed E-state index contributed by atoms with van der Waals surface area (Å²) in [6.45, 7) is 3.29. The van der Waals surface area contributed by atoms with E-state index in [1.165, 1.54) is 6.08 Å². The van der Waals surface area contributed by atoms with Gasteiger partial charge >= 0.3 is 18.3 Å². The van der Waals surface area contributed by atoms with Gasteiger partial charge in [0.25, 0.3) is 0 Å². The first-order chi connectivity index (χ1) is 11.3. The van der Waals surface area contributed by atoms with Crippen molar-refractivity contribution >= 4 is 11.9 Å². The zero-order valence-corrected chi connectivity index (χ0v) is 12.5. The van der Waals surface area contributed by atoms with Crippen LogP contribution in [0.4, 0.5) is 26.3 Å². The predicted octanol–water partition coefficient (Wildman–Crippen LogP) is 3.41. The van der Waals surface area contributed by atoms with Crippen LogP contribution in [0.15, 0.2) is 30.9 Å². The maximum absolute atomic E-state index is 12.7. The zero-order valence-electron chi connectivity index (χ0n) is 12.5. The highest BCUT2D eigenvalue weighted by molar-refractivity contribution is 5.85. The number of carboxylic acids is 1. The highest BCUT2D eigenvalue weighted by Gasteiger charge is 2.37. The average molecular weight is 369 g/mol. The van der Waals surface area contributed by atoms with E-state index in [1.54, 1.807) is 0 Å². The largest absolute Gasteiger partial charge is 0.480 e. The summed E-state index contributed by atoms with van der Waals surface area (Å²) >= 11 is 0. The molecule has 1 rings (SSSR count). The van der Waals surface area contributed by atoms with Gasteiger partial charge in [-0.25, -0.2) is 4.79 Å². The van der Waals surface area contributed by atoms with Crippen molar-refractivity contribution in [3.05, 3.63) is 47.5 Å². The standard InChI is InChI=1S/C15H13F6NO3/c1-2-3-11(13(24)25)22-12(23)6-8-4-9(14(16,17)18)7-10(5-8)15(19,20)21/h2,4-5,7,11H,1,3,6H2,(H,22,23)(H,24,25)/t11-/m0/s1. The molecule has 1 amide bonds. The van der Waals surface area contributed by atoms with E-state index in [1.807, 2.05) is 5.32 Å². The van der Waals surface area contributed by atoms with Crippen LogP contribution in [-0.2, 0) is 28.4 Å². The molecule has 0 saturated carbocycles. The zero-order chi connectivity index (χ0) is 19.4. The third-order valence-corrected chi connectivity index (χ3v) is 3.05. The van der Waals surface area contributed by atoms with Crippen LogP contribution in [0.2, 0.25) is 0 Å². The molecule has 10 heteroatoms. The summed E-state index contributed by atoms with van der Waals surface area (Å²) in [5.74, 6) is -2.44. The summed E-state index contributed by atoms with van der Waals surface area (Å²) in [6, 6.07) is -0.604. The highest BCUT2D eigenvalue weighted by Crippen LogP contribution is 2.36. The summed E-state index contributed by atoms with van der Waals surface area (Å²) < 4.78 is 76.4. The number of carbonyl (C=O) groups excluding carboxylic acids is 1. The Hall–Kier alpha value is -2.52. The Balaban J connectivity index is 3.10. The molecule has 0 aliphatic rings. The van der Waals surface area contributed by atoms with Gasteiger partial charge in [-0.05, 0) is 30.2 Å². The second-order valence-electron chi connectivity index (χ2n) is 5.07. The molecule has 0 spiro atoms. The van der Waals surface area contributed by atoms with E-state index in [9.17, 15) is 35.9 Å². The quantitative estimate of drug-likeness (QED) is 0.597. The number of hydrogen-bond acceptors (Lipinski definition) is 2. The topological polar surface area (TPSA) is 66.4 Å². The molecular weight excluding hydrogens is 356 g/mol. The van der Waals surface area contributed by atoms with Gasteiger partial charge in [-0.2, -0.15) is 26.3 Å². The number of nitrogens with one attached hydrogen (secondary N) is 1. The molecule has 25 heavy (non-hydrogen) atoms. The number of amides is 1. The van der Waals surface area contributed by atoms with Gasteiger partial charge < -0.3 is 10.4 Å². The molecule has 0 heterocycles. The van der Waals surface area contributed by atoms with E-state index >= 15 is 0 Å². The second kappa shape index (κ2) is 7.58. The maximum Gasteiger partial charge on any atom is 0.416 e. The lowest BCUT2D eigenvalue weighted by Gasteiger charge is -2.15. The van der Waals surface area contributed by atoms with Crippen molar-refractivity contribution in [1.29, 1.82) is 0 Å². The Kier molecular flexibility index (Phi) is 6.22. The number of carboxylic acid groups (broad SMARTS) is 1. The molecule has 2 N–H and O–H groups in total. The van der Waals surface area contributed by atoms with Gasteiger partial charge in [0.15, 0.2) is 0 Å². The molecule has 1 atom stereocenters. The van der Waals surface area contributed by atoms with Crippen LogP contribution in [0.5, 0.6) is 0 Å². The van der Waals surface area contributed by atoms with Crippen molar-refractivity contribution in [2.45, 2.75) is 31.2 Å². The Morgan fingerprint density at radius 3 is 1.92 bits per heavy atom. The van der Waals surface area contributed by atoms with Crippen molar-refractivity contribution in [3.63, 3.8) is 0 Å². The van der Waals surface area contributed by atoms with Crippen LogP contribution < -0.4 is 5.32 Å². The molecule has 138 valence electrons. The number of aliphatic carboxylic acids is 1. The molecule has 0 unspecified atom stereocenters. The fourth-order valence-corrected chi connectivity index (χ4v) is 1.94. The third kappa shape index (κ3) is 6.12. The normalized spacial score (nSPS) is 13.2. The molecule has 1 aromatic rings. The van der Waals surface area contributed by atoms with E-state index < -0.39 is 53.4 Å². The van der Waals surface area contributed by atoms with Crippen molar-refractivity contribution in [3.8, 4) is 0 Å². The first kappa shape index (κ1) is 20.5. The molecule has 1 aromatic carbocycles. The van der Waals surface area contributed by atoms with Gasteiger partial charge in [0.05, 0.1) is 17.5 Å². The number of hydrogen-bond donors (Lipinski definition) is 2. The molecule has 4 nitrogen and oxygen atoms in total. The molecule has 0 aliphatic carbocycles. The summed E-state index contributed by atoms with van der Waals surface area (Å²) in [7, 11) is 0. The minimum atomic E-state index is -5.03. The lowest BCUT2D eigenvalue weighted by atomic mass is 10.0. The minimum absolute atomic E-state index is 0.0564. The fraction of sp³-hybridized carbons (Fsp3) is 0.333. The predicted molar refractivity (Wildman–Crippen MR) is 74.5 cm³/mol. The summed E-state index contributed by atoms with van der Waals surface area (Å²) in [4.78, 5) is 22.6. The first-order valence-corrected chi connectivity index (χ1v) is 6.76. The number of halogens is 6. The Labute approximate surface area is 138 Å². The third-order valence-electron chi connectivity index (χ3n) is 3.05. The van der Waals surface area contributed by atoms with Crippen LogP contribution in [0.25, 0.3) is 0 Å². The molecule has 0 aromatic heterocycles. The van der Waals surface area contributed by atoms with Crippen LogP contribution in [0, 0.1) is 0 Å². The van der Waals surface area contributed by atoms with Gasteiger partial charge in [-0.15, -0.1) is 6.58 Å². The van der Waals surface area contributed by atoms with Crippen LogP contribution in [-0.4, -0.2) is 23.0 Å². The van der Waals surface area contributed by atoms with Gasteiger partial charge in [0.2, 0.25) is 5.91 Å². The molecule has 0 bridgehead atoms. The SMILES string of the molecule is C=CC[C@H](NC(=O)Cc1cc(C(F)(F)F)cc(C(F)(F)F)c1)C(=O)O. The highest BCUT2D eigenvalue weighted by atomic mass is 19.4. The summed E-state index contributed by atoms with van der Waals surface area (Å²) in [5, 5.41) is 10.9. The Morgan fingerprint density at radius 2 is 1.56 bits per heavy atom. The minimum Gasteiger partial charge on any atom is -0.480 e. The van der Waals surface area contributed by atoms with E-state index in [-0.39, 0.29) is 12.5 Å². The summed E-state index contributed by atoms with van der Waals surface area (Å²) in [6.07, 6.45) is -9.85. The lowest BCUT2D eigenvalue weighted by molar-refractivity contribution is -0.143. The lowest BCUT2D eigenvalue weighted by Crippen LogP contribution is -2.41. The average Bonchev–Trinajstić information content (AvgIpc) is 2.44. The first-order valence-electron chi connectivity index (χ1n) is 6.76. The van der Waals surface area contributed by atoms with Crippen LogP contribution in [0.1, 0.15) is 23.1 Å². The van der Waals surface area contributed by atoms with Gasteiger partial charge in [0, 0.05) is 0 Å². The second-order valence-corrected chi connectivity index (χ2v) is 5.07. The smallest absolute Gasteiger partial charge is 0.416 e. The molecular formula is C15H13F6NO3. The van der Waals surface area contributed by atoms with Crippen molar-refractivity contribution in [2.24, 2.45) is 0 Å². The number of carbonyl (C=O) groups is 2. The maximum atomic E-state index is 12.7. The molecule has 0 aliphatic heterocycles. The number of alkyl halides is 6. The number of rotatable bonds is 6. The summed E-state index contributed by atoms with van der Waals surface area (Å²) in [5.41, 5.74) is -3.64. The number of benzene rings is 1. The van der Waals surface area contributed by atoms with Crippen molar-refractivity contribution < 1.29 is 41.0 Å². The van der Waals surface area contributed by atoms with Crippen LogP contribution in [0.3, 0.4) is 0 Å².